The molecule has 0 aliphatic carbocycles. The number of ketones is 1. The van der Waals surface area contributed by atoms with Crippen molar-refractivity contribution < 1.29 is 19.1 Å². The molecular formula is C40H55ClN2O4. The molecule has 0 radical (unpaired) electrons. The highest BCUT2D eigenvalue weighted by Gasteiger charge is 2.32. The quantitative estimate of drug-likeness (QED) is 0.210. The van der Waals surface area contributed by atoms with Crippen molar-refractivity contribution in [1.29, 1.82) is 0 Å². The first-order valence-corrected chi connectivity index (χ1v) is 17.5. The van der Waals surface area contributed by atoms with Crippen LogP contribution in [0.3, 0.4) is 0 Å². The van der Waals surface area contributed by atoms with E-state index in [2.05, 4.69) is 44.9 Å². The number of hydrogen-bond acceptors (Lipinski definition) is 4. The van der Waals surface area contributed by atoms with Crippen molar-refractivity contribution in [3.8, 4) is 5.75 Å². The zero-order valence-electron chi connectivity index (χ0n) is 29.4. The zero-order chi connectivity index (χ0) is 34.7. The molecule has 0 fully saturated rings. The molecule has 0 bridgehead atoms. The summed E-state index contributed by atoms with van der Waals surface area (Å²) < 4.78 is 5.40. The summed E-state index contributed by atoms with van der Waals surface area (Å²) in [5, 5.41) is 5.77. The Kier molecular flexibility index (Phi) is 14.8. The average Bonchev–Trinajstić information content (AvgIpc) is 3.04. The van der Waals surface area contributed by atoms with Crippen LogP contribution in [0.5, 0.6) is 5.75 Å². The van der Waals surface area contributed by atoms with Crippen molar-refractivity contribution in [3.63, 3.8) is 0 Å². The van der Waals surface area contributed by atoms with Gasteiger partial charge in [-0.2, -0.15) is 0 Å². The van der Waals surface area contributed by atoms with E-state index in [1.165, 1.54) is 6.08 Å². The second-order valence-electron chi connectivity index (χ2n) is 14.0. The van der Waals surface area contributed by atoms with Crippen LogP contribution in [0.25, 0.3) is 0 Å². The standard InChI is InChI=1S/C40H55ClN2O4/c1-25(2)19-34-21-26(3)28(5)24-42-40(46)35(22-31-17-18-37(47-8)27(4)20-31)43-38(45)16-12-15-33(23-36(34)44)29(6)30(7)39(41)32-13-10-9-11-14-32/h9-14,16-18,20,25,28-30,33-35,39H,3,15,19,21-24H2,1-2,4-8H3,(H,42,46)(H,43,45)/b16-12+/t28?,29?,30-,33+,34?,35+,39?/m0/s1. The summed E-state index contributed by atoms with van der Waals surface area (Å²) in [6.45, 7) is 17.3. The lowest BCUT2D eigenvalue weighted by Gasteiger charge is -2.32. The van der Waals surface area contributed by atoms with Crippen LogP contribution >= 0.6 is 11.6 Å². The molecule has 2 aromatic rings. The topological polar surface area (TPSA) is 84.5 Å². The van der Waals surface area contributed by atoms with Gasteiger partial charge >= 0.3 is 0 Å². The van der Waals surface area contributed by atoms with Crippen molar-refractivity contribution in [1.82, 2.24) is 10.6 Å². The van der Waals surface area contributed by atoms with Gasteiger partial charge in [-0.15, -0.1) is 11.6 Å². The van der Waals surface area contributed by atoms with E-state index in [1.807, 2.05) is 68.5 Å². The Morgan fingerprint density at radius 2 is 1.72 bits per heavy atom. The highest BCUT2D eigenvalue weighted by atomic mass is 35.5. The van der Waals surface area contributed by atoms with Gasteiger partial charge in [0.25, 0.3) is 0 Å². The summed E-state index contributed by atoms with van der Waals surface area (Å²) in [5.74, 6) is 0.738. The van der Waals surface area contributed by atoms with Crippen LogP contribution in [0.4, 0.5) is 0 Å². The maximum absolute atomic E-state index is 14.0. The zero-order valence-corrected chi connectivity index (χ0v) is 30.1. The molecule has 7 heteroatoms. The predicted octanol–water partition coefficient (Wildman–Crippen LogP) is 8.18. The number of methoxy groups -OCH3 is 1. The fourth-order valence-corrected chi connectivity index (χ4v) is 6.94. The van der Waals surface area contributed by atoms with Gasteiger partial charge in [0.2, 0.25) is 11.8 Å². The largest absolute Gasteiger partial charge is 0.496 e. The van der Waals surface area contributed by atoms with E-state index in [0.29, 0.717) is 38.1 Å². The minimum Gasteiger partial charge on any atom is -0.496 e. The van der Waals surface area contributed by atoms with Gasteiger partial charge in [-0.1, -0.05) is 95.3 Å². The van der Waals surface area contributed by atoms with Crippen LogP contribution in [0.15, 0.2) is 72.8 Å². The minimum atomic E-state index is -0.763. The van der Waals surface area contributed by atoms with Gasteiger partial charge < -0.3 is 15.4 Å². The number of aryl methyl sites for hydroxylation is 1. The van der Waals surface area contributed by atoms with Crippen LogP contribution in [0, 0.1) is 42.4 Å². The molecule has 7 atom stereocenters. The van der Waals surface area contributed by atoms with E-state index in [9.17, 15) is 14.4 Å². The first kappa shape index (κ1) is 38.1. The Labute approximate surface area is 287 Å². The van der Waals surface area contributed by atoms with Crippen LogP contribution < -0.4 is 15.4 Å². The van der Waals surface area contributed by atoms with Gasteiger partial charge in [0, 0.05) is 25.3 Å². The van der Waals surface area contributed by atoms with Gasteiger partial charge in [-0.05, 0) is 84.6 Å². The molecule has 1 heterocycles. The van der Waals surface area contributed by atoms with Gasteiger partial charge in [0.15, 0.2) is 0 Å². The molecule has 6 nitrogen and oxygen atoms in total. The molecule has 0 saturated carbocycles. The van der Waals surface area contributed by atoms with Crippen molar-refractivity contribution in [2.75, 3.05) is 13.7 Å². The maximum atomic E-state index is 14.0. The van der Waals surface area contributed by atoms with Crippen LogP contribution in [0.1, 0.15) is 82.4 Å². The van der Waals surface area contributed by atoms with Crippen LogP contribution in [0.2, 0.25) is 0 Å². The Morgan fingerprint density at radius 3 is 2.36 bits per heavy atom. The molecule has 3 rings (SSSR count). The molecule has 256 valence electrons. The number of nitrogens with one attached hydrogen (secondary N) is 2. The van der Waals surface area contributed by atoms with Crippen molar-refractivity contribution in [2.24, 2.45) is 35.5 Å². The molecule has 0 saturated heterocycles. The summed E-state index contributed by atoms with van der Waals surface area (Å²) in [5.41, 5.74) is 3.89. The van der Waals surface area contributed by atoms with Crippen molar-refractivity contribution >= 4 is 29.2 Å². The van der Waals surface area contributed by atoms with Crippen molar-refractivity contribution in [3.05, 3.63) is 89.5 Å². The number of carbonyl (C=O) groups is 3. The lowest BCUT2D eigenvalue weighted by molar-refractivity contribution is -0.127. The third kappa shape index (κ3) is 11.4. The third-order valence-corrected chi connectivity index (χ3v) is 10.5. The van der Waals surface area contributed by atoms with Crippen molar-refractivity contribution in [2.45, 2.75) is 85.1 Å². The number of hydrogen-bond donors (Lipinski definition) is 2. The van der Waals surface area contributed by atoms with E-state index in [4.69, 9.17) is 16.3 Å². The number of halogens is 1. The molecule has 2 aromatic carbocycles. The smallest absolute Gasteiger partial charge is 0.244 e. The van der Waals surface area contributed by atoms with Gasteiger partial charge in [-0.25, -0.2) is 0 Å². The molecule has 2 amide bonds. The second kappa shape index (κ2) is 18.2. The first-order chi connectivity index (χ1) is 22.3. The Balaban J connectivity index is 1.92. The average molecular weight is 663 g/mol. The van der Waals surface area contributed by atoms with Crippen LogP contribution in [-0.4, -0.2) is 37.3 Å². The van der Waals surface area contributed by atoms with E-state index in [0.717, 1.165) is 34.4 Å². The Morgan fingerprint density at radius 1 is 1.02 bits per heavy atom. The highest BCUT2D eigenvalue weighted by Crippen LogP contribution is 2.40. The van der Waals surface area contributed by atoms with Crippen LogP contribution in [-0.2, 0) is 20.8 Å². The minimum absolute atomic E-state index is 0.0128. The molecular weight excluding hydrogens is 608 g/mol. The fourth-order valence-electron chi connectivity index (χ4n) is 6.56. The second-order valence-corrected chi connectivity index (χ2v) is 14.5. The van der Waals surface area contributed by atoms with E-state index >= 15 is 0 Å². The van der Waals surface area contributed by atoms with Gasteiger partial charge in [0.05, 0.1) is 12.5 Å². The molecule has 47 heavy (non-hydrogen) atoms. The summed E-state index contributed by atoms with van der Waals surface area (Å²) >= 11 is 7.01. The lowest BCUT2D eigenvalue weighted by atomic mass is 9.74. The number of allylic oxidation sites excluding steroid dienone is 1. The molecule has 1 aliphatic heterocycles. The Hall–Kier alpha value is -3.38. The predicted molar refractivity (Wildman–Crippen MR) is 192 cm³/mol. The highest BCUT2D eigenvalue weighted by molar-refractivity contribution is 6.21. The number of ether oxygens (including phenoxy) is 1. The number of carbonyl (C=O) groups excluding carboxylic acids is 3. The summed E-state index contributed by atoms with van der Waals surface area (Å²) in [7, 11) is 1.63. The SMILES string of the molecule is C=C1CC(CC(C)C)C(=O)C[C@H](C(C)[C@H](C)C(Cl)c2ccccc2)C/C=C/C(=O)N[C@H](Cc2ccc(OC)c(C)c2)C(=O)NCC1C. The van der Waals surface area contributed by atoms with Gasteiger partial charge in [-0.3, -0.25) is 14.4 Å². The number of benzene rings is 2. The summed E-state index contributed by atoms with van der Waals surface area (Å²) in [4.78, 5) is 40.8. The molecule has 1 aliphatic rings. The third-order valence-electron chi connectivity index (χ3n) is 9.86. The number of Topliss-reactive ketones (excluding diaryl/α,β-unsaturated/α-hetero) is 1. The normalized spacial score (nSPS) is 24.6. The monoisotopic (exact) mass is 662 g/mol. The lowest BCUT2D eigenvalue weighted by Crippen LogP contribution is -2.48. The molecule has 4 unspecified atom stereocenters. The Bertz CT molecular complexity index is 1390. The number of amides is 2. The summed E-state index contributed by atoms with van der Waals surface area (Å²) in [6, 6.07) is 15.1. The maximum Gasteiger partial charge on any atom is 0.244 e. The van der Waals surface area contributed by atoms with E-state index < -0.39 is 6.04 Å². The van der Waals surface area contributed by atoms with E-state index in [1.54, 1.807) is 7.11 Å². The number of alkyl halides is 1. The fraction of sp³-hybridized carbons (Fsp3) is 0.525. The first-order valence-electron chi connectivity index (χ1n) is 17.1. The molecule has 2 N–H and O–H groups in total. The number of rotatable bonds is 9. The summed E-state index contributed by atoms with van der Waals surface area (Å²) in [6.07, 6.45) is 6.01. The molecule has 0 aromatic heterocycles. The van der Waals surface area contributed by atoms with Gasteiger partial charge in [0.1, 0.15) is 17.6 Å². The van der Waals surface area contributed by atoms with E-state index in [-0.39, 0.29) is 52.6 Å². The molecule has 0 spiro atoms.